The maximum absolute atomic E-state index is 10.1. The van der Waals surface area contributed by atoms with E-state index < -0.39 is 0 Å². The number of ether oxygens (including phenoxy) is 1. The van der Waals surface area contributed by atoms with Crippen LogP contribution in [0.2, 0.25) is 0 Å². The van der Waals surface area contributed by atoms with Crippen LogP contribution in [0, 0.1) is 11.8 Å². The summed E-state index contributed by atoms with van der Waals surface area (Å²) in [5, 5.41) is 10.1. The van der Waals surface area contributed by atoms with E-state index in [1.807, 2.05) is 26.0 Å². The van der Waals surface area contributed by atoms with Crippen molar-refractivity contribution in [1.82, 2.24) is 0 Å². The third kappa shape index (κ3) is 3.71. The fraction of sp³-hybridized carbons (Fsp3) is 0.467. The highest BCUT2D eigenvalue weighted by molar-refractivity contribution is 5.47. The molecule has 1 aromatic carbocycles. The van der Waals surface area contributed by atoms with Crippen molar-refractivity contribution in [2.45, 2.75) is 39.5 Å². The smallest absolute Gasteiger partial charge is 0.161 e. The van der Waals surface area contributed by atoms with Crippen LogP contribution in [0.3, 0.4) is 0 Å². The third-order valence-electron chi connectivity index (χ3n) is 2.57. The van der Waals surface area contributed by atoms with Crippen molar-refractivity contribution in [2.75, 3.05) is 6.61 Å². The molecule has 0 aliphatic heterocycles. The molecule has 17 heavy (non-hydrogen) atoms. The van der Waals surface area contributed by atoms with E-state index in [1.54, 1.807) is 6.07 Å². The number of hydrogen-bond acceptors (Lipinski definition) is 2. The van der Waals surface area contributed by atoms with Crippen molar-refractivity contribution < 1.29 is 9.84 Å². The molecular formula is C15H20O2. The summed E-state index contributed by atoms with van der Waals surface area (Å²) in [5.41, 5.74) is 0.904. The average molecular weight is 232 g/mol. The van der Waals surface area contributed by atoms with Crippen LogP contribution >= 0.6 is 0 Å². The number of hydrogen-bond donors (Lipinski definition) is 1. The molecule has 1 N–H and O–H groups in total. The molecule has 0 bridgehead atoms. The minimum Gasteiger partial charge on any atom is -0.504 e. The van der Waals surface area contributed by atoms with Gasteiger partial charge in [-0.15, -0.1) is 11.8 Å². The van der Waals surface area contributed by atoms with Gasteiger partial charge in [-0.2, -0.15) is 0 Å². The van der Waals surface area contributed by atoms with Gasteiger partial charge in [-0.05, 0) is 18.9 Å². The second-order valence-electron chi connectivity index (χ2n) is 3.94. The molecule has 0 saturated heterocycles. The van der Waals surface area contributed by atoms with E-state index in [2.05, 4.69) is 18.8 Å². The lowest BCUT2D eigenvalue weighted by molar-refractivity contribution is 0.316. The first-order chi connectivity index (χ1) is 8.20. The largest absolute Gasteiger partial charge is 0.504 e. The van der Waals surface area contributed by atoms with Crippen molar-refractivity contribution in [3.63, 3.8) is 0 Å². The fourth-order valence-electron chi connectivity index (χ4n) is 1.67. The Morgan fingerprint density at radius 2 is 2.06 bits per heavy atom. The summed E-state index contributed by atoms with van der Waals surface area (Å²) in [6.45, 7) is 6.56. The maximum atomic E-state index is 10.1. The van der Waals surface area contributed by atoms with Gasteiger partial charge in [-0.1, -0.05) is 26.0 Å². The molecule has 0 heterocycles. The Morgan fingerprint density at radius 1 is 1.29 bits per heavy atom. The highest BCUT2D eigenvalue weighted by Crippen LogP contribution is 2.35. The average Bonchev–Trinajstić information content (AvgIpc) is 2.32. The lowest BCUT2D eigenvalue weighted by Gasteiger charge is -2.13. The molecule has 1 rings (SSSR count). The lowest BCUT2D eigenvalue weighted by Crippen LogP contribution is -1.97. The SMILES string of the molecule is CCC#CCC(C)c1cccc(OCC)c1O. The standard InChI is InChI=1S/C15H20O2/c1-4-6-7-9-12(3)13-10-8-11-14(15(13)16)17-5-2/h8,10-12,16H,4-5,9H2,1-3H3. The number of benzene rings is 1. The van der Waals surface area contributed by atoms with Crippen LogP contribution in [0.5, 0.6) is 11.5 Å². The van der Waals surface area contributed by atoms with Crippen LogP contribution in [0.1, 0.15) is 45.1 Å². The molecule has 0 aromatic heterocycles. The first-order valence-corrected chi connectivity index (χ1v) is 6.11. The zero-order valence-corrected chi connectivity index (χ0v) is 10.8. The molecule has 1 atom stereocenters. The van der Waals surface area contributed by atoms with Gasteiger partial charge in [-0.3, -0.25) is 0 Å². The first kappa shape index (κ1) is 13.4. The van der Waals surface area contributed by atoms with Gasteiger partial charge in [0, 0.05) is 18.4 Å². The highest BCUT2D eigenvalue weighted by atomic mass is 16.5. The predicted molar refractivity (Wildman–Crippen MR) is 70.4 cm³/mol. The third-order valence-corrected chi connectivity index (χ3v) is 2.57. The number of phenols is 1. The Balaban J connectivity index is 2.86. The van der Waals surface area contributed by atoms with Crippen LogP contribution in [-0.4, -0.2) is 11.7 Å². The van der Waals surface area contributed by atoms with Crippen molar-refractivity contribution in [2.24, 2.45) is 0 Å². The van der Waals surface area contributed by atoms with Crippen molar-refractivity contribution >= 4 is 0 Å². The minimum atomic E-state index is 0.217. The Bertz CT molecular complexity index is 413. The molecule has 0 aliphatic rings. The maximum Gasteiger partial charge on any atom is 0.161 e. The van der Waals surface area contributed by atoms with E-state index in [4.69, 9.17) is 4.74 Å². The predicted octanol–water partition coefficient (Wildman–Crippen LogP) is 3.70. The van der Waals surface area contributed by atoms with Crippen molar-refractivity contribution in [1.29, 1.82) is 0 Å². The molecule has 0 amide bonds. The summed E-state index contributed by atoms with van der Waals surface area (Å²) in [6.07, 6.45) is 1.63. The van der Waals surface area contributed by atoms with Crippen LogP contribution in [-0.2, 0) is 0 Å². The van der Waals surface area contributed by atoms with Gasteiger partial charge >= 0.3 is 0 Å². The normalized spacial score (nSPS) is 11.5. The van der Waals surface area contributed by atoms with Crippen LogP contribution in [0.25, 0.3) is 0 Å². The Kier molecular flexibility index (Phi) is 5.42. The second-order valence-corrected chi connectivity index (χ2v) is 3.94. The fourth-order valence-corrected chi connectivity index (χ4v) is 1.67. The highest BCUT2D eigenvalue weighted by Gasteiger charge is 2.13. The Labute approximate surface area is 104 Å². The van der Waals surface area contributed by atoms with E-state index in [9.17, 15) is 5.11 Å². The van der Waals surface area contributed by atoms with Gasteiger partial charge in [-0.25, -0.2) is 0 Å². The van der Waals surface area contributed by atoms with E-state index in [0.29, 0.717) is 12.4 Å². The van der Waals surface area contributed by atoms with Crippen molar-refractivity contribution in [3.8, 4) is 23.3 Å². The van der Waals surface area contributed by atoms with E-state index in [0.717, 1.165) is 18.4 Å². The van der Waals surface area contributed by atoms with Gasteiger partial charge in [0.05, 0.1) is 6.61 Å². The van der Waals surface area contributed by atoms with E-state index >= 15 is 0 Å². The molecule has 1 aromatic rings. The van der Waals surface area contributed by atoms with Crippen LogP contribution in [0.4, 0.5) is 0 Å². The summed E-state index contributed by atoms with van der Waals surface area (Å²) in [4.78, 5) is 0. The van der Waals surface area contributed by atoms with Gasteiger partial charge in [0.1, 0.15) is 0 Å². The molecule has 0 aliphatic carbocycles. The van der Waals surface area contributed by atoms with Crippen LogP contribution in [0.15, 0.2) is 18.2 Å². The van der Waals surface area contributed by atoms with Gasteiger partial charge in [0.2, 0.25) is 0 Å². The molecular weight excluding hydrogens is 212 g/mol. The quantitative estimate of drug-likeness (QED) is 0.802. The van der Waals surface area contributed by atoms with Crippen LogP contribution < -0.4 is 4.74 Å². The summed E-state index contributed by atoms with van der Waals surface area (Å²) in [6, 6.07) is 5.62. The molecule has 0 saturated carbocycles. The molecule has 0 fully saturated rings. The zero-order chi connectivity index (χ0) is 12.7. The lowest BCUT2D eigenvalue weighted by atomic mass is 9.97. The molecule has 0 spiro atoms. The van der Waals surface area contributed by atoms with Gasteiger partial charge < -0.3 is 9.84 Å². The summed E-state index contributed by atoms with van der Waals surface area (Å²) >= 11 is 0. The van der Waals surface area contributed by atoms with Gasteiger partial charge in [0.25, 0.3) is 0 Å². The zero-order valence-electron chi connectivity index (χ0n) is 10.8. The molecule has 0 radical (unpaired) electrons. The van der Waals surface area contributed by atoms with E-state index in [-0.39, 0.29) is 11.7 Å². The number of aromatic hydroxyl groups is 1. The summed E-state index contributed by atoms with van der Waals surface area (Å²) in [5.74, 6) is 7.18. The summed E-state index contributed by atoms with van der Waals surface area (Å²) in [7, 11) is 0. The molecule has 2 heteroatoms. The van der Waals surface area contributed by atoms with Crippen molar-refractivity contribution in [3.05, 3.63) is 23.8 Å². The topological polar surface area (TPSA) is 29.5 Å². The Hall–Kier alpha value is -1.62. The molecule has 1 unspecified atom stereocenters. The summed E-state index contributed by atoms with van der Waals surface area (Å²) < 4.78 is 5.37. The number of para-hydroxylation sites is 1. The van der Waals surface area contributed by atoms with Gasteiger partial charge in [0.15, 0.2) is 11.5 Å². The minimum absolute atomic E-state index is 0.217. The number of rotatable bonds is 4. The molecule has 2 nitrogen and oxygen atoms in total. The second kappa shape index (κ2) is 6.85. The first-order valence-electron chi connectivity index (χ1n) is 6.11. The number of phenolic OH excluding ortho intramolecular Hbond substituents is 1. The molecule has 92 valence electrons. The van der Waals surface area contributed by atoms with E-state index in [1.165, 1.54) is 0 Å². The Morgan fingerprint density at radius 3 is 2.71 bits per heavy atom. The monoisotopic (exact) mass is 232 g/mol.